The van der Waals surface area contributed by atoms with Gasteiger partial charge in [0.25, 0.3) is 5.91 Å². The SMILES string of the molecule is COc1ccc(NC(=O)C(c2ccccc2)N(C)C(=O)CCc2cc(C(C)(C)C)c(O)c(C(C)(C)C)c2)cc1. The van der Waals surface area contributed by atoms with Crippen molar-refractivity contribution in [2.24, 2.45) is 0 Å². The highest BCUT2D eigenvalue weighted by Gasteiger charge is 2.30. The maximum Gasteiger partial charge on any atom is 0.251 e. The van der Waals surface area contributed by atoms with E-state index in [4.69, 9.17) is 4.74 Å². The lowest BCUT2D eigenvalue weighted by atomic mass is 9.78. The van der Waals surface area contributed by atoms with Crippen LogP contribution < -0.4 is 10.1 Å². The Morgan fingerprint density at radius 2 is 1.44 bits per heavy atom. The number of anilines is 1. The molecule has 1 atom stereocenters. The van der Waals surface area contributed by atoms with Crippen LogP contribution in [0.15, 0.2) is 66.7 Å². The van der Waals surface area contributed by atoms with Crippen molar-refractivity contribution in [3.8, 4) is 11.5 Å². The number of amides is 2. The minimum atomic E-state index is -0.795. The summed E-state index contributed by atoms with van der Waals surface area (Å²) >= 11 is 0. The number of hydrogen-bond acceptors (Lipinski definition) is 4. The lowest BCUT2D eigenvalue weighted by molar-refractivity contribution is -0.137. The van der Waals surface area contributed by atoms with E-state index in [0.717, 1.165) is 22.3 Å². The van der Waals surface area contributed by atoms with E-state index in [9.17, 15) is 14.7 Å². The molecule has 6 heteroatoms. The van der Waals surface area contributed by atoms with E-state index in [1.54, 1.807) is 38.4 Å². The van der Waals surface area contributed by atoms with Crippen molar-refractivity contribution in [1.82, 2.24) is 4.90 Å². The van der Waals surface area contributed by atoms with E-state index in [-0.39, 0.29) is 29.1 Å². The second kappa shape index (κ2) is 11.9. The monoisotopic (exact) mass is 530 g/mol. The Bertz CT molecular complexity index is 1250. The molecule has 0 saturated heterocycles. The van der Waals surface area contributed by atoms with Crippen molar-refractivity contribution >= 4 is 17.5 Å². The summed E-state index contributed by atoms with van der Waals surface area (Å²) in [5.74, 6) is 0.577. The van der Waals surface area contributed by atoms with Crippen molar-refractivity contribution in [2.75, 3.05) is 19.5 Å². The largest absolute Gasteiger partial charge is 0.507 e. The molecule has 0 aliphatic heterocycles. The molecule has 2 amide bonds. The summed E-state index contributed by atoms with van der Waals surface area (Å²) in [7, 11) is 3.26. The summed E-state index contributed by atoms with van der Waals surface area (Å²) in [6.45, 7) is 12.4. The van der Waals surface area contributed by atoms with Gasteiger partial charge in [-0.3, -0.25) is 9.59 Å². The number of aromatic hydroxyl groups is 1. The van der Waals surface area contributed by atoms with Crippen LogP contribution in [-0.4, -0.2) is 36.0 Å². The van der Waals surface area contributed by atoms with Gasteiger partial charge in [0.15, 0.2) is 0 Å². The van der Waals surface area contributed by atoms with Crippen LogP contribution in [-0.2, 0) is 26.8 Å². The molecule has 0 radical (unpaired) electrons. The third-order valence-corrected chi connectivity index (χ3v) is 6.92. The molecule has 3 aromatic carbocycles. The molecule has 2 N–H and O–H groups in total. The number of aryl methyl sites for hydroxylation is 1. The average Bonchev–Trinajstić information content (AvgIpc) is 2.87. The first-order valence-corrected chi connectivity index (χ1v) is 13.3. The van der Waals surface area contributed by atoms with E-state index >= 15 is 0 Å². The van der Waals surface area contributed by atoms with E-state index < -0.39 is 6.04 Å². The smallest absolute Gasteiger partial charge is 0.251 e. The van der Waals surface area contributed by atoms with Crippen LogP contribution in [0.25, 0.3) is 0 Å². The standard InChI is InChI=1S/C33H42N2O4/c1-32(2,3)26-20-22(21-27(30(26)37)33(4,5)6)14-19-28(36)35(7)29(23-12-10-9-11-13-23)31(38)34-24-15-17-25(39-8)18-16-24/h9-13,15-18,20-21,29,37H,14,19H2,1-8H3,(H,34,38). The topological polar surface area (TPSA) is 78.9 Å². The predicted molar refractivity (Wildman–Crippen MR) is 157 cm³/mol. The Morgan fingerprint density at radius 3 is 1.92 bits per heavy atom. The minimum absolute atomic E-state index is 0.142. The van der Waals surface area contributed by atoms with Crippen LogP contribution in [0.3, 0.4) is 0 Å². The second-order valence-corrected chi connectivity index (χ2v) is 12.1. The quantitative estimate of drug-likeness (QED) is 0.337. The number of nitrogens with one attached hydrogen (secondary N) is 1. The van der Waals surface area contributed by atoms with E-state index in [2.05, 4.69) is 46.9 Å². The second-order valence-electron chi connectivity index (χ2n) is 12.1. The van der Waals surface area contributed by atoms with Crippen LogP contribution >= 0.6 is 0 Å². The molecular weight excluding hydrogens is 488 g/mol. The molecule has 0 aliphatic rings. The molecule has 0 saturated carbocycles. The van der Waals surface area contributed by atoms with Gasteiger partial charge in [0, 0.05) is 19.2 Å². The van der Waals surface area contributed by atoms with Crippen LogP contribution in [0.1, 0.15) is 76.3 Å². The fraction of sp³-hybridized carbons (Fsp3) is 0.394. The number of benzene rings is 3. The van der Waals surface area contributed by atoms with Gasteiger partial charge in [-0.15, -0.1) is 0 Å². The molecule has 0 aliphatic carbocycles. The van der Waals surface area contributed by atoms with Crippen LogP contribution in [0, 0.1) is 0 Å². The van der Waals surface area contributed by atoms with Gasteiger partial charge in [-0.25, -0.2) is 0 Å². The fourth-order valence-corrected chi connectivity index (χ4v) is 4.62. The van der Waals surface area contributed by atoms with Crippen LogP contribution in [0.4, 0.5) is 5.69 Å². The summed E-state index contributed by atoms with van der Waals surface area (Å²) in [4.78, 5) is 28.5. The lowest BCUT2D eigenvalue weighted by Gasteiger charge is -2.29. The Labute approximate surface area is 233 Å². The Morgan fingerprint density at radius 1 is 0.897 bits per heavy atom. The number of phenols is 1. The first kappa shape index (κ1) is 29.8. The van der Waals surface area contributed by atoms with Crippen LogP contribution in [0.2, 0.25) is 0 Å². The van der Waals surface area contributed by atoms with Crippen molar-refractivity contribution in [3.05, 3.63) is 89.0 Å². The zero-order chi connectivity index (χ0) is 29.0. The van der Waals surface area contributed by atoms with Crippen molar-refractivity contribution < 1.29 is 19.4 Å². The van der Waals surface area contributed by atoms with Gasteiger partial charge in [-0.05, 0) is 63.8 Å². The molecule has 3 rings (SSSR count). The predicted octanol–water partition coefficient (Wildman–Crippen LogP) is 6.77. The summed E-state index contributed by atoms with van der Waals surface area (Å²) in [5.41, 5.74) is 3.57. The first-order valence-electron chi connectivity index (χ1n) is 13.3. The van der Waals surface area contributed by atoms with E-state index in [1.807, 2.05) is 42.5 Å². The average molecular weight is 531 g/mol. The van der Waals surface area contributed by atoms with Gasteiger partial charge >= 0.3 is 0 Å². The molecule has 0 fully saturated rings. The van der Waals surface area contributed by atoms with Crippen molar-refractivity contribution in [2.45, 2.75) is 71.3 Å². The number of carbonyl (C=O) groups is 2. The third kappa shape index (κ3) is 7.41. The molecule has 208 valence electrons. The number of methoxy groups -OCH3 is 1. The summed E-state index contributed by atoms with van der Waals surface area (Å²) < 4.78 is 5.20. The molecule has 0 bridgehead atoms. The minimum Gasteiger partial charge on any atom is -0.507 e. The molecule has 3 aromatic rings. The Kier molecular flexibility index (Phi) is 9.10. The number of ether oxygens (including phenoxy) is 1. The number of rotatable bonds is 8. The molecule has 6 nitrogen and oxygen atoms in total. The number of carbonyl (C=O) groups excluding carboxylic acids is 2. The Balaban J connectivity index is 1.85. The maximum atomic E-state index is 13.5. The van der Waals surface area contributed by atoms with Gasteiger partial charge in [0.05, 0.1) is 7.11 Å². The highest BCUT2D eigenvalue weighted by Crippen LogP contribution is 2.40. The lowest BCUT2D eigenvalue weighted by Crippen LogP contribution is -2.38. The first-order chi connectivity index (χ1) is 18.2. The molecule has 0 heterocycles. The normalized spacial score (nSPS) is 12.5. The highest BCUT2D eigenvalue weighted by molar-refractivity contribution is 5.97. The highest BCUT2D eigenvalue weighted by atomic mass is 16.5. The van der Waals surface area contributed by atoms with E-state index in [1.165, 1.54) is 4.90 Å². The molecule has 0 spiro atoms. The number of nitrogens with zero attached hydrogens (tertiary/aromatic N) is 1. The summed E-state index contributed by atoms with van der Waals surface area (Å²) in [6, 6.07) is 19.6. The van der Waals surface area contributed by atoms with Gasteiger partial charge in [-0.2, -0.15) is 0 Å². The van der Waals surface area contributed by atoms with Crippen molar-refractivity contribution in [1.29, 1.82) is 0 Å². The summed E-state index contributed by atoms with van der Waals surface area (Å²) in [5, 5.41) is 14.0. The Hall–Kier alpha value is -3.80. The molecule has 0 aromatic heterocycles. The molecule has 39 heavy (non-hydrogen) atoms. The van der Waals surface area contributed by atoms with Gasteiger partial charge in [-0.1, -0.05) is 84.0 Å². The molecular formula is C33H42N2O4. The number of hydrogen-bond donors (Lipinski definition) is 2. The van der Waals surface area contributed by atoms with Gasteiger partial charge in [0.2, 0.25) is 5.91 Å². The van der Waals surface area contributed by atoms with Gasteiger partial charge < -0.3 is 20.1 Å². The third-order valence-electron chi connectivity index (χ3n) is 6.92. The number of likely N-dealkylation sites (N-methyl/N-ethyl adjacent to an activating group) is 1. The zero-order valence-electron chi connectivity index (χ0n) is 24.5. The van der Waals surface area contributed by atoms with Gasteiger partial charge in [0.1, 0.15) is 17.5 Å². The zero-order valence-corrected chi connectivity index (χ0v) is 24.5. The van der Waals surface area contributed by atoms with Crippen molar-refractivity contribution in [3.63, 3.8) is 0 Å². The number of phenolic OH excluding ortho intramolecular Hbond substituents is 1. The molecule has 1 unspecified atom stereocenters. The fourth-order valence-electron chi connectivity index (χ4n) is 4.62. The van der Waals surface area contributed by atoms with Crippen LogP contribution in [0.5, 0.6) is 11.5 Å². The van der Waals surface area contributed by atoms with E-state index in [0.29, 0.717) is 23.6 Å². The maximum absolute atomic E-state index is 13.5. The summed E-state index contributed by atoms with van der Waals surface area (Å²) in [6.07, 6.45) is 0.727.